The van der Waals surface area contributed by atoms with Gasteiger partial charge in [0.2, 0.25) is 5.91 Å². The normalized spacial score (nSPS) is 22.1. The number of nitrogens with one attached hydrogen (secondary N) is 2. The average Bonchev–Trinajstić information content (AvgIpc) is 3.18. The van der Waals surface area contributed by atoms with Crippen molar-refractivity contribution in [3.8, 4) is 0 Å². The monoisotopic (exact) mass is 397 g/mol. The van der Waals surface area contributed by atoms with Crippen LogP contribution < -0.4 is 10.6 Å². The van der Waals surface area contributed by atoms with Gasteiger partial charge in [-0.25, -0.2) is 0 Å². The van der Waals surface area contributed by atoms with E-state index >= 15 is 0 Å². The van der Waals surface area contributed by atoms with E-state index < -0.39 is 4.92 Å². The molecule has 7 heteroatoms. The molecule has 0 bridgehead atoms. The minimum Gasteiger partial charge on any atom is -0.378 e. The fraction of sp³-hybridized carbons (Fsp3) is 0.286. The summed E-state index contributed by atoms with van der Waals surface area (Å²) in [5.41, 5.74) is 3.67. The van der Waals surface area contributed by atoms with Gasteiger partial charge in [0.15, 0.2) is 0 Å². The summed E-state index contributed by atoms with van der Waals surface area (Å²) < 4.78 is 0. The molecule has 0 radical (unpaired) electrons. The Bertz CT molecular complexity index is 989. The van der Waals surface area contributed by atoms with Crippen molar-refractivity contribution in [3.05, 3.63) is 74.8 Å². The molecule has 0 saturated heterocycles. The summed E-state index contributed by atoms with van der Waals surface area (Å²) in [6, 6.07) is 10.8. The molecule has 0 saturated carbocycles. The van der Waals surface area contributed by atoms with Crippen molar-refractivity contribution in [2.24, 2.45) is 5.92 Å². The predicted molar refractivity (Wildman–Crippen MR) is 110 cm³/mol. The van der Waals surface area contributed by atoms with E-state index in [4.69, 9.17) is 11.6 Å². The number of benzene rings is 2. The van der Waals surface area contributed by atoms with Crippen LogP contribution in [0.3, 0.4) is 0 Å². The highest BCUT2D eigenvalue weighted by atomic mass is 35.5. The maximum atomic E-state index is 11.7. The number of nitro groups is 1. The summed E-state index contributed by atoms with van der Waals surface area (Å²) in [5.74, 6) is 0.411. The zero-order chi connectivity index (χ0) is 19.8. The van der Waals surface area contributed by atoms with Gasteiger partial charge < -0.3 is 10.6 Å². The fourth-order valence-electron chi connectivity index (χ4n) is 4.11. The average molecular weight is 398 g/mol. The molecule has 2 aliphatic rings. The fourth-order valence-corrected chi connectivity index (χ4v) is 4.30. The molecule has 0 spiro atoms. The van der Waals surface area contributed by atoms with Crippen LogP contribution in [0.5, 0.6) is 0 Å². The first kappa shape index (κ1) is 18.5. The lowest BCUT2D eigenvalue weighted by Gasteiger charge is -2.37. The van der Waals surface area contributed by atoms with Gasteiger partial charge in [0.1, 0.15) is 5.02 Å². The van der Waals surface area contributed by atoms with Crippen LogP contribution in [0.1, 0.15) is 42.9 Å². The molecular weight excluding hydrogens is 378 g/mol. The zero-order valence-corrected chi connectivity index (χ0v) is 16.1. The van der Waals surface area contributed by atoms with E-state index in [1.807, 2.05) is 31.2 Å². The molecule has 2 N–H and O–H groups in total. The first-order valence-electron chi connectivity index (χ1n) is 9.28. The molecule has 2 aromatic carbocycles. The highest BCUT2D eigenvalue weighted by molar-refractivity contribution is 6.32. The molecule has 6 nitrogen and oxygen atoms in total. The highest BCUT2D eigenvalue weighted by Gasteiger charge is 2.38. The number of anilines is 2. The lowest BCUT2D eigenvalue weighted by Crippen LogP contribution is -2.29. The SMILES string of the molecule is CCC(=O)Nc1ccc2c(c1)C1C=CCC1C(c1ccc(Cl)c([N+](=O)[O-])c1)N2. The van der Waals surface area contributed by atoms with Crippen molar-refractivity contribution < 1.29 is 9.72 Å². The second-order valence-electron chi connectivity index (χ2n) is 7.15. The van der Waals surface area contributed by atoms with Gasteiger partial charge in [0, 0.05) is 29.8 Å². The smallest absolute Gasteiger partial charge is 0.288 e. The van der Waals surface area contributed by atoms with Crippen LogP contribution in [-0.4, -0.2) is 10.8 Å². The van der Waals surface area contributed by atoms with Crippen molar-refractivity contribution in [3.63, 3.8) is 0 Å². The summed E-state index contributed by atoms with van der Waals surface area (Å²) in [6.07, 6.45) is 5.65. The van der Waals surface area contributed by atoms with Crippen molar-refractivity contribution in [1.29, 1.82) is 0 Å². The Hall–Kier alpha value is -2.86. The number of hydrogen-bond donors (Lipinski definition) is 2. The summed E-state index contributed by atoms with van der Waals surface area (Å²) in [5, 5.41) is 17.9. The summed E-state index contributed by atoms with van der Waals surface area (Å²) in [6.45, 7) is 1.82. The van der Waals surface area contributed by atoms with E-state index in [0.29, 0.717) is 6.42 Å². The number of carbonyl (C=O) groups is 1. The molecule has 1 aliphatic carbocycles. The Morgan fingerprint density at radius 3 is 2.89 bits per heavy atom. The summed E-state index contributed by atoms with van der Waals surface area (Å²) >= 11 is 5.98. The molecule has 1 amide bonds. The van der Waals surface area contributed by atoms with Crippen molar-refractivity contribution in [2.75, 3.05) is 10.6 Å². The van der Waals surface area contributed by atoms with E-state index in [1.165, 1.54) is 0 Å². The zero-order valence-electron chi connectivity index (χ0n) is 15.3. The number of nitrogens with zero attached hydrogens (tertiary/aromatic N) is 1. The summed E-state index contributed by atoms with van der Waals surface area (Å²) in [4.78, 5) is 22.6. The molecule has 28 heavy (non-hydrogen) atoms. The molecule has 1 aliphatic heterocycles. The molecule has 144 valence electrons. The Morgan fingerprint density at radius 2 is 2.14 bits per heavy atom. The van der Waals surface area contributed by atoms with Gasteiger partial charge in [-0.1, -0.05) is 36.7 Å². The number of carbonyl (C=O) groups excluding carboxylic acids is 1. The number of allylic oxidation sites excluding steroid dienone is 2. The van der Waals surface area contributed by atoms with E-state index in [-0.39, 0.29) is 34.5 Å². The van der Waals surface area contributed by atoms with E-state index in [2.05, 4.69) is 22.8 Å². The first-order chi connectivity index (χ1) is 13.5. The van der Waals surface area contributed by atoms with Gasteiger partial charge >= 0.3 is 0 Å². The topological polar surface area (TPSA) is 84.3 Å². The van der Waals surface area contributed by atoms with Gasteiger partial charge in [-0.15, -0.1) is 0 Å². The Morgan fingerprint density at radius 1 is 1.32 bits per heavy atom. The van der Waals surface area contributed by atoms with E-state index in [1.54, 1.807) is 12.1 Å². The number of rotatable bonds is 4. The van der Waals surface area contributed by atoms with Crippen LogP contribution in [-0.2, 0) is 4.79 Å². The van der Waals surface area contributed by atoms with Gasteiger partial charge in [-0.05, 0) is 47.7 Å². The van der Waals surface area contributed by atoms with Crippen LogP contribution in [0.25, 0.3) is 0 Å². The van der Waals surface area contributed by atoms with E-state index in [9.17, 15) is 14.9 Å². The van der Waals surface area contributed by atoms with Crippen LogP contribution in [0.15, 0.2) is 48.6 Å². The number of hydrogen-bond acceptors (Lipinski definition) is 4. The third-order valence-corrected chi connectivity index (χ3v) is 5.81. The Kier molecular flexibility index (Phi) is 4.81. The lowest BCUT2D eigenvalue weighted by molar-refractivity contribution is -0.384. The van der Waals surface area contributed by atoms with Crippen molar-refractivity contribution >= 4 is 34.6 Å². The third-order valence-electron chi connectivity index (χ3n) is 5.49. The minimum absolute atomic E-state index is 0.0198. The van der Waals surface area contributed by atoms with Crippen molar-refractivity contribution in [1.82, 2.24) is 0 Å². The van der Waals surface area contributed by atoms with Crippen LogP contribution >= 0.6 is 11.6 Å². The predicted octanol–water partition coefficient (Wildman–Crippen LogP) is 5.42. The largest absolute Gasteiger partial charge is 0.378 e. The third kappa shape index (κ3) is 3.24. The standard InChI is InChI=1S/C21H20ClN3O3/c1-2-20(26)23-13-7-9-18-16(11-13)14-4-3-5-15(14)21(24-18)12-6-8-17(22)19(10-12)25(27)28/h3-4,6-11,14-15,21,24H,2,5H2,1H3,(H,23,26). The van der Waals surface area contributed by atoms with E-state index in [0.717, 1.165) is 28.9 Å². The second-order valence-corrected chi connectivity index (χ2v) is 7.55. The molecular formula is C21H20ClN3O3. The number of fused-ring (bicyclic) bond motifs is 3. The molecule has 0 aromatic heterocycles. The maximum Gasteiger partial charge on any atom is 0.288 e. The Labute approximate surface area is 167 Å². The van der Waals surface area contributed by atoms with Crippen LogP contribution in [0.2, 0.25) is 5.02 Å². The minimum atomic E-state index is -0.449. The van der Waals surface area contributed by atoms with Crippen molar-refractivity contribution in [2.45, 2.75) is 31.7 Å². The Balaban J connectivity index is 1.70. The lowest BCUT2D eigenvalue weighted by atomic mass is 9.77. The molecule has 0 fully saturated rings. The second kappa shape index (κ2) is 7.28. The maximum absolute atomic E-state index is 11.7. The molecule has 4 rings (SSSR count). The number of amides is 1. The van der Waals surface area contributed by atoms with Gasteiger partial charge in [0.25, 0.3) is 5.69 Å². The molecule has 3 atom stereocenters. The van der Waals surface area contributed by atoms with Gasteiger partial charge in [-0.3, -0.25) is 14.9 Å². The van der Waals surface area contributed by atoms with Gasteiger partial charge in [0.05, 0.1) is 11.0 Å². The van der Waals surface area contributed by atoms with Gasteiger partial charge in [-0.2, -0.15) is 0 Å². The molecule has 2 aromatic rings. The number of halogens is 1. The number of nitro benzene ring substituents is 1. The summed E-state index contributed by atoms with van der Waals surface area (Å²) in [7, 11) is 0. The molecule has 1 heterocycles. The molecule has 3 unspecified atom stereocenters. The highest BCUT2D eigenvalue weighted by Crippen LogP contribution is 2.50. The first-order valence-corrected chi connectivity index (χ1v) is 9.66. The quantitative estimate of drug-likeness (QED) is 0.409. The van der Waals surface area contributed by atoms with Crippen LogP contribution in [0, 0.1) is 16.0 Å². The van der Waals surface area contributed by atoms with Crippen LogP contribution in [0.4, 0.5) is 17.1 Å².